The van der Waals surface area contributed by atoms with Crippen LogP contribution in [0.15, 0.2) is 24.5 Å². The summed E-state index contributed by atoms with van der Waals surface area (Å²) in [7, 11) is 13.0. The van der Waals surface area contributed by atoms with Gasteiger partial charge in [0.25, 0.3) is 5.91 Å². The standard InChI is InChI=1S/C11H23N3.C10H21N3.C10H15N3.C9H17N3O.C9H16N2O2/c1-12-5-3-11(4-6-12)14-9-7-13(2)8-10-14;2*1-12-6-8-13(9-7-12)10-2-4-11-5-3-10;1-11-4-6-12(7-5-11)8(13)9(10)2-3-9;1-10-4-6-11(7-5-10)8(12)9(13)2-3-9/h11H,3-10H2,1-2H3;10-11H,2-9H2,1H3;2-5H,6-9H2,1H3;2-7,10H2,1H3;13H,2-7H2,1H3. The number of carbonyl (C=O) groups excluding carboxylic acids is 2. The van der Waals surface area contributed by atoms with Crippen LogP contribution in [-0.2, 0) is 9.59 Å². The van der Waals surface area contributed by atoms with Gasteiger partial charge in [-0.15, -0.1) is 0 Å². The molecule has 376 valence electrons. The van der Waals surface area contributed by atoms with E-state index in [2.05, 4.69) is 102 Å². The fraction of sp³-hybridized carbons (Fsp3) is 0.857. The third-order valence-corrected chi connectivity index (χ3v) is 15.6. The smallest absolute Gasteiger partial charge is 0.254 e. The van der Waals surface area contributed by atoms with Gasteiger partial charge in [0.1, 0.15) is 5.60 Å². The Labute approximate surface area is 399 Å². The van der Waals surface area contributed by atoms with Gasteiger partial charge in [0.05, 0.1) is 5.54 Å². The second-order valence-electron chi connectivity index (χ2n) is 21.1. The minimum atomic E-state index is -0.976. The summed E-state index contributed by atoms with van der Waals surface area (Å²) >= 11 is 0. The molecule has 10 rings (SSSR count). The predicted molar refractivity (Wildman–Crippen MR) is 267 cm³/mol. The van der Waals surface area contributed by atoms with Gasteiger partial charge in [0.15, 0.2) is 0 Å². The Kier molecular flexibility index (Phi) is 20.7. The number of nitrogens with one attached hydrogen (secondary N) is 1. The third kappa shape index (κ3) is 16.8. The average molecular weight is 925 g/mol. The number of carbonyl (C=O) groups is 2. The number of amides is 2. The van der Waals surface area contributed by atoms with Gasteiger partial charge in [-0.05, 0) is 132 Å². The summed E-state index contributed by atoms with van der Waals surface area (Å²) in [5, 5.41) is 13.0. The zero-order chi connectivity index (χ0) is 47.1. The molecule has 2 aliphatic carbocycles. The van der Waals surface area contributed by atoms with E-state index in [0.717, 1.165) is 103 Å². The first-order valence-electron chi connectivity index (χ1n) is 25.8. The molecule has 0 atom stereocenters. The van der Waals surface area contributed by atoms with E-state index in [1.807, 2.05) is 24.3 Å². The molecule has 0 aromatic carbocycles. The minimum Gasteiger partial charge on any atom is -0.380 e. The van der Waals surface area contributed by atoms with Crippen LogP contribution in [0, 0.1) is 0 Å². The van der Waals surface area contributed by atoms with E-state index >= 15 is 0 Å². The molecule has 7 saturated heterocycles. The number of aromatic nitrogens is 1. The fourth-order valence-electron chi connectivity index (χ4n) is 9.83. The lowest BCUT2D eigenvalue weighted by atomic mass is 10.0. The Morgan fingerprint density at radius 1 is 0.515 bits per heavy atom. The average Bonchev–Trinajstić information content (AvgIpc) is 4.29. The van der Waals surface area contributed by atoms with E-state index in [9.17, 15) is 14.7 Å². The fourth-order valence-corrected chi connectivity index (χ4v) is 9.83. The van der Waals surface area contributed by atoms with Crippen LogP contribution in [0.5, 0.6) is 0 Å². The van der Waals surface area contributed by atoms with Gasteiger partial charge in [-0.2, -0.15) is 0 Å². The summed E-state index contributed by atoms with van der Waals surface area (Å²) in [6.07, 6.45) is 12.2. The summed E-state index contributed by atoms with van der Waals surface area (Å²) < 4.78 is 0. The van der Waals surface area contributed by atoms with E-state index in [0.29, 0.717) is 12.8 Å². The topological polar surface area (TPSA) is 141 Å². The number of piperidine rings is 2. The van der Waals surface area contributed by atoms with Crippen molar-refractivity contribution in [3.63, 3.8) is 0 Å². The number of hydrogen-bond acceptors (Lipinski definition) is 15. The number of rotatable bonds is 5. The van der Waals surface area contributed by atoms with E-state index < -0.39 is 11.1 Å². The lowest BCUT2D eigenvalue weighted by Crippen LogP contribution is -2.53. The molecule has 9 aliphatic rings. The highest BCUT2D eigenvalue weighted by Gasteiger charge is 2.50. The highest BCUT2D eigenvalue weighted by Crippen LogP contribution is 2.37. The number of piperazine rings is 5. The van der Waals surface area contributed by atoms with Crippen LogP contribution in [0.2, 0.25) is 0 Å². The first-order valence-corrected chi connectivity index (χ1v) is 25.8. The number of likely N-dealkylation sites (N-methyl/N-ethyl adjacent to an activating group) is 5. The van der Waals surface area contributed by atoms with E-state index in [-0.39, 0.29) is 11.8 Å². The first kappa shape index (κ1) is 52.8. The Balaban J connectivity index is 0.000000136. The molecular weight excluding hydrogens is 833 g/mol. The molecule has 0 radical (unpaired) electrons. The highest BCUT2D eigenvalue weighted by molar-refractivity contribution is 5.89. The molecular formula is C49H92N14O3. The van der Waals surface area contributed by atoms with Crippen LogP contribution in [-0.4, -0.2) is 293 Å². The number of hydrogen-bond donors (Lipinski definition) is 3. The Hall–Kier alpha value is -2.55. The van der Waals surface area contributed by atoms with Gasteiger partial charge in [0.2, 0.25) is 5.91 Å². The van der Waals surface area contributed by atoms with Crippen molar-refractivity contribution in [3.05, 3.63) is 24.5 Å². The van der Waals surface area contributed by atoms with Crippen LogP contribution in [0.1, 0.15) is 51.4 Å². The molecule has 1 aromatic rings. The molecule has 8 heterocycles. The van der Waals surface area contributed by atoms with Crippen LogP contribution in [0.25, 0.3) is 0 Å². The second kappa shape index (κ2) is 25.9. The summed E-state index contributed by atoms with van der Waals surface area (Å²) in [6, 6.07) is 5.89. The zero-order valence-electron chi connectivity index (χ0n) is 42.3. The van der Waals surface area contributed by atoms with Crippen LogP contribution in [0.3, 0.4) is 0 Å². The maximum Gasteiger partial charge on any atom is 0.254 e. The molecule has 9 fully saturated rings. The second-order valence-corrected chi connectivity index (χ2v) is 21.1. The maximum absolute atomic E-state index is 11.8. The number of likely N-dealkylation sites (tertiary alicyclic amines) is 1. The molecule has 66 heavy (non-hydrogen) atoms. The molecule has 0 spiro atoms. The highest BCUT2D eigenvalue weighted by atomic mass is 16.3. The number of nitrogens with two attached hydrogens (primary N) is 1. The third-order valence-electron chi connectivity index (χ3n) is 15.6. The van der Waals surface area contributed by atoms with Gasteiger partial charge < -0.3 is 60.3 Å². The van der Waals surface area contributed by atoms with Crippen molar-refractivity contribution in [3.8, 4) is 0 Å². The van der Waals surface area contributed by atoms with Crippen molar-refractivity contribution in [2.45, 2.75) is 74.6 Å². The molecule has 0 unspecified atom stereocenters. The largest absolute Gasteiger partial charge is 0.380 e. The summed E-state index contributed by atoms with van der Waals surface area (Å²) in [5.41, 5.74) is 5.69. The minimum absolute atomic E-state index is 0.0550. The number of nitrogens with zero attached hydrogens (tertiary/aromatic N) is 12. The van der Waals surface area contributed by atoms with Gasteiger partial charge in [-0.1, -0.05) is 0 Å². The van der Waals surface area contributed by atoms with Crippen molar-refractivity contribution in [2.75, 3.05) is 204 Å². The SMILES string of the molecule is CN1CCC(N2CCN(C)CC2)CC1.CN1CCN(C(=O)C2(N)CC2)CC1.CN1CCN(C(=O)C2(O)CC2)CC1.CN1CCN(C2CCNCC2)CC1.CN1CCN(c2ccncc2)CC1. The summed E-state index contributed by atoms with van der Waals surface area (Å²) in [5.74, 6) is 0.112. The van der Waals surface area contributed by atoms with E-state index in [4.69, 9.17) is 5.73 Å². The molecule has 2 amide bonds. The number of aliphatic hydroxyl groups is 1. The van der Waals surface area contributed by atoms with Gasteiger partial charge in [0, 0.05) is 161 Å². The lowest BCUT2D eigenvalue weighted by Gasteiger charge is -2.41. The predicted octanol–water partition coefficient (Wildman–Crippen LogP) is -0.316. The molecule has 17 heteroatoms. The lowest BCUT2D eigenvalue weighted by molar-refractivity contribution is -0.144. The van der Waals surface area contributed by atoms with Crippen LogP contribution < -0.4 is 16.0 Å². The Morgan fingerprint density at radius 2 is 0.879 bits per heavy atom. The summed E-state index contributed by atoms with van der Waals surface area (Å²) in [4.78, 5) is 53.0. The molecule has 7 aliphatic heterocycles. The Morgan fingerprint density at radius 3 is 1.29 bits per heavy atom. The Bertz CT molecular complexity index is 1470. The van der Waals surface area contributed by atoms with Crippen molar-refractivity contribution in [1.82, 2.24) is 59.3 Å². The zero-order valence-corrected chi connectivity index (χ0v) is 42.3. The number of pyridine rings is 1. The van der Waals surface area contributed by atoms with Crippen molar-refractivity contribution in [1.29, 1.82) is 0 Å². The summed E-state index contributed by atoms with van der Waals surface area (Å²) in [6.45, 7) is 26.7. The van der Waals surface area contributed by atoms with E-state index in [1.54, 1.807) is 4.90 Å². The van der Waals surface area contributed by atoms with Crippen LogP contribution >= 0.6 is 0 Å². The van der Waals surface area contributed by atoms with Crippen molar-refractivity contribution >= 4 is 17.5 Å². The van der Waals surface area contributed by atoms with E-state index in [1.165, 1.54) is 110 Å². The number of anilines is 1. The molecule has 1 aromatic heterocycles. The molecule has 17 nitrogen and oxygen atoms in total. The van der Waals surface area contributed by atoms with Gasteiger partial charge >= 0.3 is 0 Å². The van der Waals surface area contributed by atoms with Crippen molar-refractivity contribution < 1.29 is 14.7 Å². The van der Waals surface area contributed by atoms with Gasteiger partial charge in [-0.25, -0.2) is 0 Å². The van der Waals surface area contributed by atoms with Crippen LogP contribution in [0.4, 0.5) is 5.69 Å². The monoisotopic (exact) mass is 925 g/mol. The van der Waals surface area contributed by atoms with Crippen molar-refractivity contribution in [2.24, 2.45) is 5.73 Å². The normalized spacial score (nSPS) is 26.6. The molecule has 2 saturated carbocycles. The molecule has 0 bridgehead atoms. The quantitative estimate of drug-likeness (QED) is 0.356. The molecule has 4 N–H and O–H groups in total. The van der Waals surface area contributed by atoms with Gasteiger partial charge in [-0.3, -0.25) is 24.4 Å². The maximum atomic E-state index is 11.8. The first-order chi connectivity index (χ1) is 31.7.